The van der Waals surface area contributed by atoms with Crippen molar-refractivity contribution in [3.05, 3.63) is 23.8 Å². The van der Waals surface area contributed by atoms with E-state index in [2.05, 4.69) is 10.2 Å². The zero-order valence-electron chi connectivity index (χ0n) is 15.9. The minimum Gasteiger partial charge on any atom is -0.481 e. The first-order valence-electron chi connectivity index (χ1n) is 8.97. The van der Waals surface area contributed by atoms with E-state index in [1.165, 1.54) is 26.2 Å². The number of carboxylic acids is 1. The van der Waals surface area contributed by atoms with Crippen molar-refractivity contribution in [1.82, 2.24) is 9.62 Å². The molecule has 1 aliphatic rings. The van der Waals surface area contributed by atoms with E-state index in [1.54, 1.807) is 13.0 Å². The molecule has 2 N–H and O–H groups in total. The van der Waals surface area contributed by atoms with Gasteiger partial charge in [0.25, 0.3) is 5.91 Å². The molecule has 0 aliphatic carbocycles. The van der Waals surface area contributed by atoms with Crippen LogP contribution in [0.15, 0.2) is 23.1 Å². The molecule has 1 aliphatic heterocycles. The van der Waals surface area contributed by atoms with Crippen LogP contribution in [0.25, 0.3) is 0 Å². The lowest BCUT2D eigenvalue weighted by molar-refractivity contribution is -0.137. The van der Waals surface area contributed by atoms with E-state index < -0.39 is 27.9 Å². The molecule has 8 nitrogen and oxygen atoms in total. The highest BCUT2D eigenvalue weighted by molar-refractivity contribution is 7.89. The molecule has 0 radical (unpaired) electrons. The molecule has 1 fully saturated rings. The average Bonchev–Trinajstić information content (AvgIpc) is 2.61. The quantitative estimate of drug-likeness (QED) is 0.722. The lowest BCUT2D eigenvalue weighted by Crippen LogP contribution is -2.37. The zero-order valence-corrected chi connectivity index (χ0v) is 16.8. The highest BCUT2D eigenvalue weighted by Crippen LogP contribution is 2.28. The van der Waals surface area contributed by atoms with Gasteiger partial charge in [-0.2, -0.15) is 0 Å². The number of sulfonamides is 1. The summed E-state index contributed by atoms with van der Waals surface area (Å²) in [5.41, 5.74) is 0.921. The van der Waals surface area contributed by atoms with Crippen molar-refractivity contribution in [2.45, 2.75) is 43.5 Å². The predicted molar refractivity (Wildman–Crippen MR) is 103 cm³/mol. The molecule has 150 valence electrons. The summed E-state index contributed by atoms with van der Waals surface area (Å²) in [5, 5.41) is 11.6. The number of rotatable bonds is 7. The number of nitrogens with zero attached hydrogens (tertiary/aromatic N) is 2. The molecule has 0 saturated carbocycles. The maximum Gasteiger partial charge on any atom is 0.305 e. The van der Waals surface area contributed by atoms with Gasteiger partial charge in [0, 0.05) is 38.9 Å². The van der Waals surface area contributed by atoms with Crippen LogP contribution in [0.5, 0.6) is 0 Å². The first-order valence-corrected chi connectivity index (χ1v) is 10.4. The smallest absolute Gasteiger partial charge is 0.305 e. The normalized spacial score (nSPS) is 16.2. The minimum absolute atomic E-state index is 0.0318. The van der Waals surface area contributed by atoms with Gasteiger partial charge in [0.1, 0.15) is 0 Å². The minimum atomic E-state index is -3.69. The SMILES string of the molecule is CC(CC(=O)O)NC(=O)c1cc(S(=O)(=O)N(C)C)ccc1N1CCCCC1. The van der Waals surface area contributed by atoms with Gasteiger partial charge < -0.3 is 15.3 Å². The van der Waals surface area contributed by atoms with Crippen LogP contribution in [0.1, 0.15) is 43.0 Å². The first kappa shape index (κ1) is 21.2. The summed E-state index contributed by atoms with van der Waals surface area (Å²) in [4.78, 5) is 25.8. The first-order chi connectivity index (χ1) is 12.6. The average molecular weight is 397 g/mol. The van der Waals surface area contributed by atoms with Crippen LogP contribution in [0.2, 0.25) is 0 Å². The topological polar surface area (TPSA) is 107 Å². The van der Waals surface area contributed by atoms with Crippen LogP contribution in [-0.2, 0) is 14.8 Å². The Morgan fingerprint density at radius 1 is 1.22 bits per heavy atom. The fourth-order valence-corrected chi connectivity index (χ4v) is 4.02. The molecule has 1 amide bonds. The number of carbonyl (C=O) groups is 2. The molecule has 0 spiro atoms. The second-order valence-corrected chi connectivity index (χ2v) is 9.14. The zero-order chi connectivity index (χ0) is 20.2. The number of carboxylic acid groups (broad SMARTS) is 1. The van der Waals surface area contributed by atoms with E-state index in [0.29, 0.717) is 5.69 Å². The molecule has 2 rings (SSSR count). The van der Waals surface area contributed by atoms with Crippen molar-refractivity contribution in [1.29, 1.82) is 0 Å². The van der Waals surface area contributed by atoms with Crippen molar-refractivity contribution < 1.29 is 23.1 Å². The van der Waals surface area contributed by atoms with Gasteiger partial charge in [-0.25, -0.2) is 12.7 Å². The van der Waals surface area contributed by atoms with Crippen molar-refractivity contribution in [3.8, 4) is 0 Å². The van der Waals surface area contributed by atoms with E-state index in [9.17, 15) is 18.0 Å². The van der Waals surface area contributed by atoms with Gasteiger partial charge in [-0.05, 0) is 44.4 Å². The number of hydrogen-bond acceptors (Lipinski definition) is 5. The summed E-state index contributed by atoms with van der Waals surface area (Å²) < 4.78 is 26.0. The third-order valence-corrected chi connectivity index (χ3v) is 6.36. The molecule has 1 aromatic carbocycles. The Bertz CT molecular complexity index is 801. The van der Waals surface area contributed by atoms with E-state index in [4.69, 9.17) is 5.11 Å². The van der Waals surface area contributed by atoms with Gasteiger partial charge in [0.05, 0.1) is 16.9 Å². The lowest BCUT2D eigenvalue weighted by Gasteiger charge is -2.31. The van der Waals surface area contributed by atoms with Crippen LogP contribution in [0.3, 0.4) is 0 Å². The van der Waals surface area contributed by atoms with Crippen molar-refractivity contribution in [2.24, 2.45) is 0 Å². The van der Waals surface area contributed by atoms with Gasteiger partial charge >= 0.3 is 5.97 Å². The van der Waals surface area contributed by atoms with Gasteiger partial charge in [0.2, 0.25) is 10.0 Å². The highest BCUT2D eigenvalue weighted by Gasteiger charge is 2.25. The number of amides is 1. The maximum absolute atomic E-state index is 12.8. The Balaban J connectivity index is 2.42. The van der Waals surface area contributed by atoms with Gasteiger partial charge in [0.15, 0.2) is 0 Å². The predicted octanol–water partition coefficient (Wildman–Crippen LogP) is 1.52. The molecule has 0 bridgehead atoms. The molecule has 27 heavy (non-hydrogen) atoms. The largest absolute Gasteiger partial charge is 0.481 e. The molecule has 0 aromatic heterocycles. The monoisotopic (exact) mass is 397 g/mol. The van der Waals surface area contributed by atoms with Crippen LogP contribution < -0.4 is 10.2 Å². The summed E-state index contributed by atoms with van der Waals surface area (Å²) in [7, 11) is -0.821. The number of benzene rings is 1. The number of hydrogen-bond donors (Lipinski definition) is 2. The fourth-order valence-electron chi connectivity index (χ4n) is 3.09. The molecule has 1 heterocycles. The summed E-state index contributed by atoms with van der Waals surface area (Å²) in [6, 6.07) is 3.98. The summed E-state index contributed by atoms with van der Waals surface area (Å²) in [6.07, 6.45) is 2.93. The second-order valence-electron chi connectivity index (χ2n) is 6.99. The third-order valence-electron chi connectivity index (χ3n) is 4.55. The van der Waals surface area contributed by atoms with E-state index in [-0.39, 0.29) is 16.9 Å². The number of anilines is 1. The molecular weight excluding hydrogens is 370 g/mol. The molecule has 1 atom stereocenters. The summed E-state index contributed by atoms with van der Waals surface area (Å²) in [6.45, 7) is 3.20. The van der Waals surface area contributed by atoms with Crippen molar-refractivity contribution >= 4 is 27.6 Å². The molecule has 9 heteroatoms. The Labute approximate surface area is 160 Å². The lowest BCUT2D eigenvalue weighted by atomic mass is 10.1. The Morgan fingerprint density at radius 3 is 2.41 bits per heavy atom. The summed E-state index contributed by atoms with van der Waals surface area (Å²) in [5.74, 6) is -1.48. The van der Waals surface area contributed by atoms with Crippen LogP contribution in [-0.4, -0.2) is 62.9 Å². The second kappa shape index (κ2) is 8.71. The Morgan fingerprint density at radius 2 is 1.85 bits per heavy atom. The number of nitrogens with one attached hydrogen (secondary N) is 1. The van der Waals surface area contributed by atoms with Crippen LogP contribution >= 0.6 is 0 Å². The highest BCUT2D eigenvalue weighted by atomic mass is 32.2. The molecule has 1 unspecified atom stereocenters. The van der Waals surface area contributed by atoms with Crippen molar-refractivity contribution in [3.63, 3.8) is 0 Å². The van der Waals surface area contributed by atoms with Crippen LogP contribution in [0, 0.1) is 0 Å². The standard InChI is InChI=1S/C18H27N3O5S/c1-13(11-17(22)23)19-18(24)15-12-14(27(25,26)20(2)3)7-8-16(15)21-9-5-4-6-10-21/h7-8,12-13H,4-6,9-11H2,1-3H3,(H,19,24)(H,22,23). The third kappa shape index (κ3) is 5.20. The van der Waals surface area contributed by atoms with E-state index >= 15 is 0 Å². The number of aliphatic carboxylic acids is 1. The van der Waals surface area contributed by atoms with E-state index in [0.717, 1.165) is 36.7 Å². The van der Waals surface area contributed by atoms with Crippen LogP contribution in [0.4, 0.5) is 5.69 Å². The molecular formula is C18H27N3O5S. The van der Waals surface area contributed by atoms with Gasteiger partial charge in [-0.3, -0.25) is 9.59 Å². The molecule has 1 saturated heterocycles. The Kier molecular flexibility index (Phi) is 6.83. The van der Waals surface area contributed by atoms with Gasteiger partial charge in [-0.15, -0.1) is 0 Å². The number of carbonyl (C=O) groups excluding carboxylic acids is 1. The van der Waals surface area contributed by atoms with Gasteiger partial charge in [-0.1, -0.05) is 0 Å². The number of piperidine rings is 1. The van der Waals surface area contributed by atoms with E-state index in [1.807, 2.05) is 0 Å². The summed E-state index contributed by atoms with van der Waals surface area (Å²) >= 11 is 0. The Hall–Kier alpha value is -2.13. The van der Waals surface area contributed by atoms with Crippen molar-refractivity contribution in [2.75, 3.05) is 32.1 Å². The maximum atomic E-state index is 12.8. The molecule has 1 aromatic rings. The fraction of sp³-hybridized carbons (Fsp3) is 0.556.